The molecule has 0 aliphatic carbocycles. The van der Waals surface area contributed by atoms with Crippen molar-refractivity contribution in [2.75, 3.05) is 5.75 Å². The first-order chi connectivity index (χ1) is 14.2. The molecule has 0 spiro atoms. The molecule has 0 bridgehead atoms. The van der Waals surface area contributed by atoms with E-state index in [1.807, 2.05) is 20.8 Å². The maximum absolute atomic E-state index is 13.1. The van der Waals surface area contributed by atoms with Crippen LogP contribution < -0.4 is 5.32 Å². The van der Waals surface area contributed by atoms with Gasteiger partial charge in [-0.3, -0.25) is 9.59 Å². The number of nitrogens with one attached hydrogen (secondary N) is 1. The maximum Gasteiger partial charge on any atom is 0.242 e. The number of nitrogens with zero attached hydrogens (tertiary/aromatic N) is 1. The van der Waals surface area contributed by atoms with Crippen molar-refractivity contribution in [3.8, 4) is 0 Å². The number of hydrogen-bond acceptors (Lipinski definition) is 3. The highest BCUT2D eigenvalue weighted by molar-refractivity contribution is 7.99. The Morgan fingerprint density at radius 3 is 2.33 bits per heavy atom. The van der Waals surface area contributed by atoms with E-state index in [2.05, 4.69) is 29.6 Å². The van der Waals surface area contributed by atoms with Gasteiger partial charge >= 0.3 is 0 Å². The zero-order valence-corrected chi connectivity index (χ0v) is 20.1. The van der Waals surface area contributed by atoms with Crippen molar-refractivity contribution >= 4 is 46.8 Å². The molecule has 4 nitrogen and oxygen atoms in total. The Balaban J connectivity index is 2.11. The first-order valence-corrected chi connectivity index (χ1v) is 11.8. The molecule has 0 aliphatic rings. The summed E-state index contributed by atoms with van der Waals surface area (Å²) in [6, 6.07) is 12.8. The fourth-order valence-corrected chi connectivity index (χ4v) is 4.18. The molecule has 162 valence electrons. The van der Waals surface area contributed by atoms with Gasteiger partial charge in [-0.25, -0.2) is 0 Å². The average molecular weight is 467 g/mol. The van der Waals surface area contributed by atoms with Crippen molar-refractivity contribution in [1.29, 1.82) is 0 Å². The molecule has 0 saturated carbocycles. The molecule has 0 aliphatic heterocycles. The van der Waals surface area contributed by atoms with E-state index < -0.39 is 6.04 Å². The maximum atomic E-state index is 13.1. The molecule has 1 atom stereocenters. The van der Waals surface area contributed by atoms with Gasteiger partial charge in [0.05, 0.1) is 5.75 Å². The summed E-state index contributed by atoms with van der Waals surface area (Å²) in [5, 5.41) is 3.89. The number of thioether (sulfide) groups is 1. The third-order valence-corrected chi connectivity index (χ3v) is 6.14. The van der Waals surface area contributed by atoms with Crippen LogP contribution in [-0.2, 0) is 21.9 Å². The number of aryl methyl sites for hydroxylation is 1. The zero-order chi connectivity index (χ0) is 22.3. The lowest BCUT2D eigenvalue weighted by Gasteiger charge is -2.29. The van der Waals surface area contributed by atoms with Crippen LogP contribution in [0.3, 0.4) is 0 Å². The van der Waals surface area contributed by atoms with E-state index in [-0.39, 0.29) is 30.2 Å². The molecule has 0 saturated heterocycles. The molecule has 0 heterocycles. The van der Waals surface area contributed by atoms with Gasteiger partial charge in [0.25, 0.3) is 0 Å². The van der Waals surface area contributed by atoms with Crippen LogP contribution in [0.1, 0.15) is 37.5 Å². The predicted octanol–water partition coefficient (Wildman–Crippen LogP) is 5.48. The van der Waals surface area contributed by atoms with Gasteiger partial charge in [-0.15, -0.1) is 11.8 Å². The largest absolute Gasteiger partial charge is 0.352 e. The van der Waals surface area contributed by atoms with Crippen molar-refractivity contribution in [1.82, 2.24) is 10.2 Å². The summed E-state index contributed by atoms with van der Waals surface area (Å²) >= 11 is 13.8. The molecule has 0 radical (unpaired) electrons. The normalized spacial score (nSPS) is 12.0. The number of halogens is 2. The predicted molar refractivity (Wildman–Crippen MR) is 127 cm³/mol. The molecule has 2 amide bonds. The Hall–Kier alpha value is -1.69. The lowest BCUT2D eigenvalue weighted by molar-refractivity contribution is -0.138. The minimum absolute atomic E-state index is 0.00747. The van der Waals surface area contributed by atoms with E-state index in [1.54, 1.807) is 30.0 Å². The summed E-state index contributed by atoms with van der Waals surface area (Å²) in [6.45, 7) is 7.81. The fraction of sp³-hybridized carbons (Fsp3) is 0.391. The van der Waals surface area contributed by atoms with Crippen molar-refractivity contribution in [3.05, 3.63) is 69.2 Å². The van der Waals surface area contributed by atoms with E-state index >= 15 is 0 Å². The van der Waals surface area contributed by atoms with E-state index in [1.165, 1.54) is 17.3 Å². The van der Waals surface area contributed by atoms with Gasteiger partial charge in [0.2, 0.25) is 11.8 Å². The van der Waals surface area contributed by atoms with E-state index in [9.17, 15) is 9.59 Å². The standard InChI is InChI=1S/C23H28Cl2N2O2S/c1-15(2)26-23(29)17(4)27(12-19-9-10-20(24)11-21(19)25)22(28)14-30-13-18-7-5-16(3)6-8-18/h5-11,15,17H,12-14H2,1-4H3,(H,26,29). The summed E-state index contributed by atoms with van der Waals surface area (Å²) in [5.41, 5.74) is 3.12. The van der Waals surface area contributed by atoms with E-state index in [0.717, 1.165) is 16.9 Å². The van der Waals surface area contributed by atoms with Crippen LogP contribution in [0, 0.1) is 6.92 Å². The third-order valence-electron chi connectivity index (χ3n) is 4.57. The molecule has 0 fully saturated rings. The van der Waals surface area contributed by atoms with Crippen LogP contribution in [0.15, 0.2) is 42.5 Å². The highest BCUT2D eigenvalue weighted by Gasteiger charge is 2.27. The smallest absolute Gasteiger partial charge is 0.242 e. The average Bonchev–Trinajstić information content (AvgIpc) is 2.67. The molecule has 2 aromatic rings. The first-order valence-electron chi connectivity index (χ1n) is 9.84. The summed E-state index contributed by atoms with van der Waals surface area (Å²) < 4.78 is 0. The second-order valence-corrected chi connectivity index (χ2v) is 9.40. The van der Waals surface area contributed by atoms with Gasteiger partial charge in [0, 0.05) is 28.4 Å². The highest BCUT2D eigenvalue weighted by atomic mass is 35.5. The number of carbonyl (C=O) groups excluding carboxylic acids is 2. The molecule has 1 N–H and O–H groups in total. The van der Waals surface area contributed by atoms with Crippen molar-refractivity contribution in [3.63, 3.8) is 0 Å². The van der Waals surface area contributed by atoms with Crippen LogP contribution in [0.2, 0.25) is 10.0 Å². The zero-order valence-electron chi connectivity index (χ0n) is 17.7. The van der Waals surface area contributed by atoms with Crippen LogP contribution in [0.4, 0.5) is 0 Å². The Bertz CT molecular complexity index is 872. The lowest BCUT2D eigenvalue weighted by Crippen LogP contribution is -2.49. The van der Waals surface area contributed by atoms with Crippen LogP contribution >= 0.6 is 35.0 Å². The molecule has 2 aromatic carbocycles. The Kier molecular flexibility index (Phi) is 9.53. The molecule has 2 rings (SSSR count). The van der Waals surface area contributed by atoms with Crippen molar-refractivity contribution < 1.29 is 9.59 Å². The van der Waals surface area contributed by atoms with Crippen molar-refractivity contribution in [2.24, 2.45) is 0 Å². The minimum Gasteiger partial charge on any atom is -0.352 e. The monoisotopic (exact) mass is 466 g/mol. The Morgan fingerprint density at radius 1 is 1.07 bits per heavy atom. The van der Waals surface area contributed by atoms with E-state index in [0.29, 0.717) is 10.0 Å². The second-order valence-electron chi connectivity index (χ2n) is 7.58. The summed E-state index contributed by atoms with van der Waals surface area (Å²) in [4.78, 5) is 27.2. The lowest BCUT2D eigenvalue weighted by atomic mass is 10.1. The molecule has 1 unspecified atom stereocenters. The van der Waals surface area contributed by atoms with Crippen LogP contribution in [0.5, 0.6) is 0 Å². The van der Waals surface area contributed by atoms with Gasteiger partial charge in [0.15, 0.2) is 0 Å². The number of carbonyl (C=O) groups is 2. The number of rotatable bonds is 9. The second kappa shape index (κ2) is 11.6. The highest BCUT2D eigenvalue weighted by Crippen LogP contribution is 2.24. The third kappa shape index (κ3) is 7.53. The van der Waals surface area contributed by atoms with Crippen LogP contribution in [0.25, 0.3) is 0 Å². The van der Waals surface area contributed by atoms with Gasteiger partial charge < -0.3 is 10.2 Å². The number of hydrogen-bond donors (Lipinski definition) is 1. The quantitative estimate of drug-likeness (QED) is 0.532. The molecule has 0 aromatic heterocycles. The van der Waals surface area contributed by atoms with Gasteiger partial charge in [-0.05, 0) is 51.0 Å². The SMILES string of the molecule is Cc1ccc(CSCC(=O)N(Cc2ccc(Cl)cc2Cl)C(C)C(=O)NC(C)C)cc1. The van der Waals surface area contributed by atoms with Crippen molar-refractivity contribution in [2.45, 2.75) is 52.1 Å². The van der Waals surface area contributed by atoms with Crippen LogP contribution in [-0.4, -0.2) is 34.6 Å². The number of benzene rings is 2. The minimum atomic E-state index is -0.619. The summed E-state index contributed by atoms with van der Waals surface area (Å²) in [6.07, 6.45) is 0. The topological polar surface area (TPSA) is 49.4 Å². The molecule has 7 heteroatoms. The summed E-state index contributed by atoms with van der Waals surface area (Å²) in [7, 11) is 0. The Morgan fingerprint density at radius 2 is 1.73 bits per heavy atom. The van der Waals surface area contributed by atoms with Gasteiger partial charge in [-0.2, -0.15) is 0 Å². The Labute approximate surface area is 193 Å². The van der Waals surface area contributed by atoms with Gasteiger partial charge in [-0.1, -0.05) is 59.1 Å². The summed E-state index contributed by atoms with van der Waals surface area (Å²) in [5.74, 6) is 0.712. The molecular formula is C23H28Cl2N2O2S. The first kappa shape index (κ1) is 24.6. The number of amides is 2. The molecular weight excluding hydrogens is 439 g/mol. The fourth-order valence-electron chi connectivity index (χ4n) is 2.84. The van der Waals surface area contributed by atoms with E-state index in [4.69, 9.17) is 23.2 Å². The molecule has 30 heavy (non-hydrogen) atoms. The van der Waals surface area contributed by atoms with Gasteiger partial charge in [0.1, 0.15) is 6.04 Å².